The van der Waals surface area contributed by atoms with Gasteiger partial charge in [-0.05, 0) is 89.4 Å². The van der Waals surface area contributed by atoms with Gasteiger partial charge in [-0.15, -0.1) is 0 Å². The van der Waals surface area contributed by atoms with Crippen molar-refractivity contribution < 1.29 is 33.5 Å². The van der Waals surface area contributed by atoms with E-state index in [2.05, 4.69) is 84.1 Å². The van der Waals surface area contributed by atoms with Crippen LogP contribution in [0.4, 0.5) is 15.3 Å². The molecule has 0 aliphatic carbocycles. The molecule has 0 spiro atoms. The number of aldehydes is 1. The summed E-state index contributed by atoms with van der Waals surface area (Å²) in [5, 5.41) is 21.2. The molecule has 1 aromatic carbocycles. The Hall–Kier alpha value is -4.15. The number of primary amides is 1. The fraction of sp³-hybridized carbons (Fsp3) is 0.649. The molecule has 0 radical (unpaired) electrons. The van der Waals surface area contributed by atoms with E-state index in [0.29, 0.717) is 63.8 Å². The number of thiocarbonyl (C=S) groups is 1. The number of anilines is 1. The Balaban J connectivity index is 0. The number of carbonyl (C=O) groups is 6. The van der Waals surface area contributed by atoms with E-state index in [0.717, 1.165) is 37.7 Å². The summed E-state index contributed by atoms with van der Waals surface area (Å²) < 4.78 is 5.19. The van der Waals surface area contributed by atoms with Crippen LogP contribution in [0.25, 0.3) is 0 Å². The Kier molecular flexibility index (Phi) is 32.4. The second-order valence-corrected chi connectivity index (χ2v) is 13.4. The predicted octanol–water partition coefficient (Wildman–Crippen LogP) is 3.84. The predicted molar refractivity (Wildman–Crippen MR) is 215 cm³/mol. The van der Waals surface area contributed by atoms with Crippen molar-refractivity contribution in [3.8, 4) is 0 Å². The third-order valence-electron chi connectivity index (χ3n) is 6.79. The maximum atomic E-state index is 12.4. The number of carbonyl (C=O) groups excluding carboxylic acids is 6. The van der Waals surface area contributed by atoms with Crippen LogP contribution < -0.4 is 43.0 Å². The van der Waals surface area contributed by atoms with Crippen molar-refractivity contribution >= 4 is 59.4 Å². The minimum absolute atomic E-state index is 0.00190. The molecule has 0 aliphatic rings. The number of hydrogen-bond donors (Lipinski definition) is 8. The van der Waals surface area contributed by atoms with Gasteiger partial charge in [0.15, 0.2) is 0 Å². The van der Waals surface area contributed by atoms with Gasteiger partial charge in [-0.2, -0.15) is 0 Å². The average molecular weight is 767 g/mol. The molecular formula is C37H66N8O7S. The highest BCUT2D eigenvalue weighted by molar-refractivity contribution is 7.78. The lowest BCUT2D eigenvalue weighted by molar-refractivity contribution is -0.122. The number of alkyl carbamates (subject to hydrolysis) is 1. The van der Waals surface area contributed by atoms with E-state index >= 15 is 0 Å². The van der Waals surface area contributed by atoms with Crippen LogP contribution in [0.2, 0.25) is 0 Å². The molecule has 0 saturated carbocycles. The van der Waals surface area contributed by atoms with Gasteiger partial charge < -0.3 is 52.5 Å². The highest BCUT2D eigenvalue weighted by Crippen LogP contribution is 2.12. The van der Waals surface area contributed by atoms with Crippen LogP contribution in [0.3, 0.4) is 0 Å². The minimum Gasteiger partial charge on any atom is -0.445 e. The molecule has 0 bridgehead atoms. The molecule has 0 heterocycles. The van der Waals surface area contributed by atoms with E-state index in [-0.39, 0.29) is 36.4 Å². The summed E-state index contributed by atoms with van der Waals surface area (Å²) in [6.45, 7) is 12.8. The standard InChI is InChI=1S/C21H36N6O4.C13H22N2O3S.C3H8/c1-21(2,3)26-13-12-25-20(30)31-14-15-7-9-16(10-8-15)27-18(28)17(23-4)6-5-11-24-19(22)29;16-10-9-15-13(18)6-2-1-4-8-14-12(17)7-3-5-11-19;1-3-2/h7-10,17,23,26H,5-6,11-14H2,1-4H3,(H,25,30)(H,27,28)(H3,22,24,29);10-11H,1-9H2,(H,14,17)(H,15,18);3H2,1-2H3. The van der Waals surface area contributed by atoms with Crippen molar-refractivity contribution in [1.82, 2.24) is 31.9 Å². The summed E-state index contributed by atoms with van der Waals surface area (Å²) in [6, 6.07) is 6.11. The molecule has 302 valence electrons. The van der Waals surface area contributed by atoms with Gasteiger partial charge in [-0.25, -0.2) is 9.59 Å². The molecule has 9 N–H and O–H groups in total. The number of urea groups is 1. The zero-order chi connectivity index (χ0) is 40.3. The van der Waals surface area contributed by atoms with Gasteiger partial charge in [-0.1, -0.05) is 51.0 Å². The van der Waals surface area contributed by atoms with E-state index in [9.17, 15) is 28.8 Å². The van der Waals surface area contributed by atoms with E-state index in [1.165, 1.54) is 6.42 Å². The summed E-state index contributed by atoms with van der Waals surface area (Å²) in [5.74, 6) is -0.217. The number of ether oxygens (including phenoxy) is 1. The third-order valence-corrected chi connectivity index (χ3v) is 7.02. The van der Waals surface area contributed by atoms with E-state index < -0.39 is 18.2 Å². The number of nitrogens with two attached hydrogens (primary N) is 1. The molecule has 16 heteroatoms. The van der Waals surface area contributed by atoms with Crippen LogP contribution in [-0.2, 0) is 30.5 Å². The summed E-state index contributed by atoms with van der Waals surface area (Å²) in [5.41, 5.74) is 6.46. The second-order valence-electron chi connectivity index (χ2n) is 13.0. The largest absolute Gasteiger partial charge is 0.445 e. The van der Waals surface area contributed by atoms with Crippen molar-refractivity contribution in [3.63, 3.8) is 0 Å². The summed E-state index contributed by atoms with van der Waals surface area (Å²) in [4.78, 5) is 67.3. The highest BCUT2D eigenvalue weighted by Gasteiger charge is 2.16. The average Bonchev–Trinajstić information content (AvgIpc) is 3.10. The van der Waals surface area contributed by atoms with Crippen molar-refractivity contribution in [2.75, 3.05) is 45.1 Å². The molecule has 0 aromatic heterocycles. The number of unbranched alkanes of at least 4 members (excludes halogenated alkanes) is 3. The highest BCUT2D eigenvalue weighted by atomic mass is 32.1. The van der Waals surface area contributed by atoms with Crippen LogP contribution in [0.5, 0.6) is 0 Å². The van der Waals surface area contributed by atoms with E-state index in [1.54, 1.807) is 36.7 Å². The topological polar surface area (TPSA) is 222 Å². The third kappa shape index (κ3) is 34.7. The van der Waals surface area contributed by atoms with Crippen LogP contribution in [0, 0.1) is 0 Å². The van der Waals surface area contributed by atoms with Gasteiger partial charge in [0.1, 0.15) is 12.9 Å². The number of nitrogens with one attached hydrogen (secondary N) is 7. The van der Waals surface area contributed by atoms with Crippen LogP contribution >= 0.6 is 12.2 Å². The second kappa shape index (κ2) is 33.7. The lowest BCUT2D eigenvalue weighted by Crippen LogP contribution is -2.41. The Bertz CT molecular complexity index is 1180. The maximum Gasteiger partial charge on any atom is 0.407 e. The number of likely N-dealkylation sites (N-methyl/N-ethyl adjacent to an activating group) is 1. The zero-order valence-electron chi connectivity index (χ0n) is 32.7. The fourth-order valence-electron chi connectivity index (χ4n) is 4.13. The first-order valence-corrected chi connectivity index (χ1v) is 18.9. The van der Waals surface area contributed by atoms with Crippen LogP contribution in [0.15, 0.2) is 24.3 Å². The summed E-state index contributed by atoms with van der Waals surface area (Å²) in [6.07, 6.45) is 7.65. The molecule has 1 unspecified atom stereocenters. The van der Waals surface area contributed by atoms with Gasteiger partial charge >= 0.3 is 12.1 Å². The molecule has 53 heavy (non-hydrogen) atoms. The molecule has 1 rings (SSSR count). The Morgan fingerprint density at radius 1 is 0.830 bits per heavy atom. The molecule has 1 atom stereocenters. The van der Waals surface area contributed by atoms with Gasteiger partial charge in [-0.3, -0.25) is 14.4 Å². The van der Waals surface area contributed by atoms with Crippen molar-refractivity contribution in [2.45, 2.75) is 117 Å². The van der Waals surface area contributed by atoms with Gasteiger partial charge in [0.2, 0.25) is 17.7 Å². The normalized spacial score (nSPS) is 10.8. The lowest BCUT2D eigenvalue weighted by Gasteiger charge is -2.20. The molecule has 0 aliphatic heterocycles. The molecule has 15 nitrogen and oxygen atoms in total. The molecule has 0 fully saturated rings. The molecule has 6 amide bonds. The Morgan fingerprint density at radius 2 is 1.45 bits per heavy atom. The Labute approximate surface area is 321 Å². The number of amides is 6. The zero-order valence-corrected chi connectivity index (χ0v) is 33.5. The summed E-state index contributed by atoms with van der Waals surface area (Å²) in [7, 11) is 1.70. The molecular weight excluding hydrogens is 701 g/mol. The fourth-order valence-corrected chi connectivity index (χ4v) is 4.30. The lowest BCUT2D eigenvalue weighted by atomic mass is 10.1. The maximum absolute atomic E-state index is 12.4. The molecule has 1 aromatic rings. The van der Waals surface area contributed by atoms with Crippen LogP contribution in [-0.4, -0.2) is 92.9 Å². The SMILES string of the molecule is CCC.CNC(CCCNC(N)=O)C(=O)Nc1ccc(COC(=O)NCCNC(C)(C)C)cc1.O=CCNC(=O)CCCCCNC(=O)CCCC=S. The molecule has 0 saturated heterocycles. The summed E-state index contributed by atoms with van der Waals surface area (Å²) >= 11 is 4.68. The first-order chi connectivity index (χ1) is 25.2. The van der Waals surface area contributed by atoms with Gasteiger partial charge in [0.05, 0.1) is 12.6 Å². The quantitative estimate of drug-likeness (QED) is 0.0432. The first kappa shape index (κ1) is 51.0. The smallest absolute Gasteiger partial charge is 0.407 e. The van der Waals surface area contributed by atoms with E-state index in [1.807, 2.05) is 0 Å². The van der Waals surface area contributed by atoms with Crippen LogP contribution in [0.1, 0.15) is 104 Å². The number of hydrogen-bond acceptors (Lipinski definition) is 10. The first-order valence-electron chi connectivity index (χ1n) is 18.4. The number of benzene rings is 1. The van der Waals surface area contributed by atoms with Crippen molar-refractivity contribution in [3.05, 3.63) is 29.8 Å². The monoisotopic (exact) mass is 766 g/mol. The number of rotatable bonds is 24. The van der Waals surface area contributed by atoms with Gasteiger partial charge in [0, 0.05) is 50.2 Å². The Morgan fingerprint density at radius 3 is 2.04 bits per heavy atom. The van der Waals surface area contributed by atoms with E-state index in [4.69, 9.17) is 10.5 Å². The van der Waals surface area contributed by atoms with Crippen molar-refractivity contribution in [1.29, 1.82) is 0 Å². The minimum atomic E-state index is -0.579. The van der Waals surface area contributed by atoms with Gasteiger partial charge in [0.25, 0.3) is 0 Å². The van der Waals surface area contributed by atoms with Crippen molar-refractivity contribution in [2.24, 2.45) is 5.73 Å².